The maximum absolute atomic E-state index is 13.0. The molecule has 0 saturated carbocycles. The average molecular weight is 280 g/mol. The van der Waals surface area contributed by atoms with E-state index < -0.39 is 11.6 Å². The van der Waals surface area contributed by atoms with E-state index in [-0.39, 0.29) is 0 Å². The van der Waals surface area contributed by atoms with Crippen molar-refractivity contribution in [1.82, 2.24) is 10.6 Å². The molecule has 0 saturated heterocycles. The van der Waals surface area contributed by atoms with E-state index in [1.165, 1.54) is 6.07 Å². The van der Waals surface area contributed by atoms with Gasteiger partial charge in [0.15, 0.2) is 16.7 Å². The van der Waals surface area contributed by atoms with Crippen molar-refractivity contribution in [3.8, 4) is 0 Å². The highest BCUT2D eigenvalue weighted by molar-refractivity contribution is 7.80. The molecule has 0 amide bonds. The van der Waals surface area contributed by atoms with Crippen molar-refractivity contribution in [2.75, 3.05) is 0 Å². The molecule has 1 aromatic rings. The van der Waals surface area contributed by atoms with Gasteiger partial charge in [-0.3, -0.25) is 0 Å². The Morgan fingerprint density at radius 1 is 1.21 bits per heavy atom. The molecule has 2 rings (SSSR count). The van der Waals surface area contributed by atoms with Crippen molar-refractivity contribution in [2.24, 2.45) is 0 Å². The zero-order valence-corrected chi connectivity index (χ0v) is 11.1. The van der Waals surface area contributed by atoms with Crippen LogP contribution in [0.15, 0.2) is 42.1 Å². The van der Waals surface area contributed by atoms with Crippen LogP contribution in [0.2, 0.25) is 0 Å². The summed E-state index contributed by atoms with van der Waals surface area (Å²) in [6.45, 7) is 0.347. The van der Waals surface area contributed by atoms with E-state index in [1.807, 2.05) is 6.08 Å². The fraction of sp³-hybridized carbons (Fsp3) is 0.214. The summed E-state index contributed by atoms with van der Waals surface area (Å²) in [5.74, 6) is -1.70. The first-order valence-electron chi connectivity index (χ1n) is 6.00. The molecule has 100 valence electrons. The molecule has 1 aromatic carbocycles. The molecule has 0 aromatic heterocycles. The third-order valence-corrected chi connectivity index (χ3v) is 2.94. The summed E-state index contributed by atoms with van der Waals surface area (Å²) in [4.78, 5) is 0. The number of rotatable bonds is 3. The molecule has 0 atom stereocenters. The van der Waals surface area contributed by atoms with Gasteiger partial charge >= 0.3 is 0 Å². The molecular formula is C14H14F2N2S. The van der Waals surface area contributed by atoms with Crippen molar-refractivity contribution in [2.45, 2.75) is 19.4 Å². The monoisotopic (exact) mass is 280 g/mol. The minimum absolute atomic E-state index is 0.347. The van der Waals surface area contributed by atoms with Gasteiger partial charge in [-0.2, -0.15) is 0 Å². The first-order chi connectivity index (χ1) is 9.15. The quantitative estimate of drug-likeness (QED) is 0.832. The van der Waals surface area contributed by atoms with Crippen LogP contribution in [0.3, 0.4) is 0 Å². The summed E-state index contributed by atoms with van der Waals surface area (Å²) in [5, 5.41) is 6.45. The molecule has 2 N–H and O–H groups in total. The van der Waals surface area contributed by atoms with Crippen molar-refractivity contribution >= 4 is 17.3 Å². The van der Waals surface area contributed by atoms with Crippen LogP contribution in [0.25, 0.3) is 0 Å². The lowest BCUT2D eigenvalue weighted by Crippen LogP contribution is -2.34. The maximum atomic E-state index is 13.0. The molecule has 0 fully saturated rings. The number of hydrogen-bond acceptors (Lipinski definition) is 1. The van der Waals surface area contributed by atoms with E-state index in [2.05, 4.69) is 22.8 Å². The summed E-state index contributed by atoms with van der Waals surface area (Å²) in [6.07, 6.45) is 8.13. The zero-order valence-electron chi connectivity index (χ0n) is 10.2. The highest BCUT2D eigenvalue weighted by Crippen LogP contribution is 2.09. The highest BCUT2D eigenvalue weighted by atomic mass is 32.1. The average Bonchev–Trinajstić information content (AvgIpc) is 2.41. The minimum atomic E-state index is -0.851. The van der Waals surface area contributed by atoms with Crippen LogP contribution in [0, 0.1) is 11.6 Å². The predicted octanol–water partition coefficient (Wildman–Crippen LogP) is 3.16. The molecule has 5 heteroatoms. The lowest BCUT2D eigenvalue weighted by Gasteiger charge is -2.13. The first kappa shape index (κ1) is 13.7. The van der Waals surface area contributed by atoms with Gasteiger partial charge in [-0.25, -0.2) is 8.78 Å². The van der Waals surface area contributed by atoms with Gasteiger partial charge in [0.2, 0.25) is 0 Å². The standard InChI is InChI=1S/C14H14F2N2S/c15-12-7-6-10(8-13(12)16)9-17-14(19)18-11-4-2-1-3-5-11/h2,4-8H,1,3,9H2,(H2,17,18,19). The Bertz CT molecular complexity index is 538. The molecule has 1 aliphatic carbocycles. The van der Waals surface area contributed by atoms with Crippen LogP contribution >= 0.6 is 12.2 Å². The van der Waals surface area contributed by atoms with E-state index in [0.29, 0.717) is 17.2 Å². The predicted molar refractivity (Wildman–Crippen MR) is 75.4 cm³/mol. The van der Waals surface area contributed by atoms with E-state index in [9.17, 15) is 8.78 Å². The maximum Gasteiger partial charge on any atom is 0.171 e. The Kier molecular flexibility index (Phi) is 4.63. The highest BCUT2D eigenvalue weighted by Gasteiger charge is 2.04. The second-order valence-corrected chi connectivity index (χ2v) is 4.60. The van der Waals surface area contributed by atoms with Crippen molar-refractivity contribution in [3.05, 3.63) is 59.3 Å². The van der Waals surface area contributed by atoms with Crippen molar-refractivity contribution in [1.29, 1.82) is 0 Å². The van der Waals surface area contributed by atoms with E-state index in [4.69, 9.17) is 12.2 Å². The number of nitrogens with one attached hydrogen (secondary N) is 2. The van der Waals surface area contributed by atoms with Crippen molar-refractivity contribution in [3.63, 3.8) is 0 Å². The topological polar surface area (TPSA) is 24.1 Å². The fourth-order valence-electron chi connectivity index (χ4n) is 1.71. The van der Waals surface area contributed by atoms with Gasteiger partial charge in [0.25, 0.3) is 0 Å². The molecule has 0 aliphatic heterocycles. The normalized spacial score (nSPS) is 13.9. The van der Waals surface area contributed by atoms with Crippen LogP contribution in [0.5, 0.6) is 0 Å². The lowest BCUT2D eigenvalue weighted by atomic mass is 10.1. The number of allylic oxidation sites excluding steroid dienone is 3. The molecule has 19 heavy (non-hydrogen) atoms. The Morgan fingerprint density at radius 2 is 2.05 bits per heavy atom. The van der Waals surface area contributed by atoms with Gasteiger partial charge in [-0.15, -0.1) is 0 Å². The molecule has 0 radical (unpaired) electrons. The Labute approximate surface area is 116 Å². The molecule has 1 aliphatic rings. The number of benzene rings is 1. The molecule has 0 unspecified atom stereocenters. The van der Waals surface area contributed by atoms with E-state index in [0.717, 1.165) is 30.7 Å². The summed E-state index contributed by atoms with van der Waals surface area (Å²) in [5.41, 5.74) is 1.59. The summed E-state index contributed by atoms with van der Waals surface area (Å²) >= 11 is 5.13. The number of thiocarbonyl (C=S) groups is 1. The SMILES string of the molecule is Fc1ccc(CNC(=S)NC2=CCCC=C2)cc1F. The van der Waals surface area contributed by atoms with Gasteiger partial charge in [-0.1, -0.05) is 18.2 Å². The third-order valence-electron chi connectivity index (χ3n) is 2.69. The van der Waals surface area contributed by atoms with Crippen molar-refractivity contribution < 1.29 is 8.78 Å². The molecule has 0 bridgehead atoms. The van der Waals surface area contributed by atoms with Gasteiger partial charge in [0.05, 0.1) is 0 Å². The summed E-state index contributed by atoms with van der Waals surface area (Å²) < 4.78 is 25.8. The Hall–Kier alpha value is -1.75. The van der Waals surface area contributed by atoms with Gasteiger partial charge in [0, 0.05) is 12.2 Å². The van der Waals surface area contributed by atoms with E-state index >= 15 is 0 Å². The van der Waals surface area contributed by atoms with Crippen LogP contribution in [0.4, 0.5) is 8.78 Å². The summed E-state index contributed by atoms with van der Waals surface area (Å²) in [6, 6.07) is 3.79. The smallest absolute Gasteiger partial charge is 0.171 e. The largest absolute Gasteiger partial charge is 0.358 e. The Morgan fingerprint density at radius 3 is 2.74 bits per heavy atom. The third kappa shape index (κ3) is 4.13. The van der Waals surface area contributed by atoms with Crippen LogP contribution in [0.1, 0.15) is 18.4 Å². The number of hydrogen-bond donors (Lipinski definition) is 2. The fourth-order valence-corrected chi connectivity index (χ4v) is 1.90. The van der Waals surface area contributed by atoms with Gasteiger partial charge < -0.3 is 10.6 Å². The van der Waals surface area contributed by atoms with Gasteiger partial charge in [0.1, 0.15) is 0 Å². The second-order valence-electron chi connectivity index (χ2n) is 4.20. The summed E-state index contributed by atoms with van der Waals surface area (Å²) in [7, 11) is 0. The number of halogens is 2. The van der Waals surface area contributed by atoms with Crippen LogP contribution in [-0.4, -0.2) is 5.11 Å². The molecular weight excluding hydrogens is 266 g/mol. The minimum Gasteiger partial charge on any atom is -0.358 e. The van der Waals surface area contributed by atoms with E-state index in [1.54, 1.807) is 0 Å². The molecule has 2 nitrogen and oxygen atoms in total. The van der Waals surface area contributed by atoms with Gasteiger partial charge in [-0.05, 0) is 48.8 Å². The molecule has 0 heterocycles. The molecule has 0 spiro atoms. The zero-order chi connectivity index (χ0) is 13.7. The van der Waals surface area contributed by atoms with Crippen LogP contribution < -0.4 is 10.6 Å². The second kappa shape index (κ2) is 6.43. The Balaban J connectivity index is 1.84. The lowest BCUT2D eigenvalue weighted by molar-refractivity contribution is 0.507. The van der Waals surface area contributed by atoms with Crippen LogP contribution in [-0.2, 0) is 6.54 Å². The first-order valence-corrected chi connectivity index (χ1v) is 6.41.